The number of para-hydroxylation sites is 1. The third kappa shape index (κ3) is 1.80. The molecule has 2 heteroatoms. The summed E-state index contributed by atoms with van der Waals surface area (Å²) in [6, 6.07) is 13.2. The van der Waals surface area contributed by atoms with E-state index < -0.39 is 0 Å². The van der Waals surface area contributed by atoms with E-state index in [4.69, 9.17) is 0 Å². The molecule has 0 bridgehead atoms. The first kappa shape index (κ1) is 14.1. The Morgan fingerprint density at radius 2 is 2.17 bits per heavy atom. The SMILES string of the molecule is C=CC1(C)CCc2cc(C)c3[nH]c4ccccc4c3c2C1C#N. The number of hydrogen-bond donors (Lipinski definition) is 1. The highest BCUT2D eigenvalue weighted by atomic mass is 14.7. The number of aromatic nitrogens is 1. The van der Waals surface area contributed by atoms with Crippen LogP contribution in [0.3, 0.4) is 0 Å². The highest BCUT2D eigenvalue weighted by Crippen LogP contribution is 2.49. The van der Waals surface area contributed by atoms with E-state index in [1.807, 2.05) is 6.08 Å². The lowest BCUT2D eigenvalue weighted by Gasteiger charge is -2.37. The predicted octanol–water partition coefficient (Wildman–Crippen LogP) is 5.38. The van der Waals surface area contributed by atoms with Gasteiger partial charge in [0.2, 0.25) is 0 Å². The largest absolute Gasteiger partial charge is 0.354 e. The number of nitriles is 1. The number of fused-ring (bicyclic) bond motifs is 5. The van der Waals surface area contributed by atoms with E-state index in [0.29, 0.717) is 0 Å². The molecule has 0 radical (unpaired) electrons. The Morgan fingerprint density at radius 1 is 1.39 bits per heavy atom. The molecule has 1 aromatic heterocycles. The Kier molecular flexibility index (Phi) is 2.90. The zero-order valence-electron chi connectivity index (χ0n) is 13.6. The maximum Gasteiger partial charge on any atom is 0.0810 e. The topological polar surface area (TPSA) is 39.6 Å². The van der Waals surface area contributed by atoms with Crippen molar-refractivity contribution in [3.05, 3.63) is 59.7 Å². The van der Waals surface area contributed by atoms with Crippen LogP contribution in [-0.4, -0.2) is 4.98 Å². The molecule has 2 atom stereocenters. The summed E-state index contributed by atoms with van der Waals surface area (Å²) >= 11 is 0. The molecule has 1 N–H and O–H groups in total. The minimum absolute atomic E-state index is 0.147. The summed E-state index contributed by atoms with van der Waals surface area (Å²) in [7, 11) is 0. The van der Waals surface area contributed by atoms with Crippen LogP contribution in [0.1, 0.15) is 36.0 Å². The number of aryl methyl sites for hydroxylation is 2. The van der Waals surface area contributed by atoms with Gasteiger partial charge in [-0.3, -0.25) is 0 Å². The standard InChI is InChI=1S/C21H20N2/c1-4-21(3)10-9-14-11-13(2)20-19(18(14)16(21)12-22)15-7-5-6-8-17(15)23-20/h4-8,11,16,23H,1,9-10H2,2-3H3. The highest BCUT2D eigenvalue weighted by Gasteiger charge is 2.39. The van der Waals surface area contributed by atoms with E-state index >= 15 is 0 Å². The molecular formula is C21H20N2. The second kappa shape index (κ2) is 4.73. The fraction of sp³-hybridized carbons (Fsp3) is 0.286. The van der Waals surface area contributed by atoms with Crippen molar-refractivity contribution in [3.8, 4) is 6.07 Å². The second-order valence-electron chi connectivity index (χ2n) is 6.96. The van der Waals surface area contributed by atoms with E-state index in [2.05, 4.69) is 61.8 Å². The molecule has 0 amide bonds. The maximum absolute atomic E-state index is 9.93. The van der Waals surface area contributed by atoms with Crippen LogP contribution in [0.5, 0.6) is 0 Å². The summed E-state index contributed by atoms with van der Waals surface area (Å²) < 4.78 is 0. The molecule has 0 spiro atoms. The Balaban J connectivity index is 2.19. The summed E-state index contributed by atoms with van der Waals surface area (Å²) in [6.07, 6.45) is 3.96. The number of benzene rings is 2. The van der Waals surface area contributed by atoms with Gasteiger partial charge in [-0.1, -0.05) is 37.3 Å². The molecule has 1 heterocycles. The minimum Gasteiger partial charge on any atom is -0.354 e. The molecule has 2 nitrogen and oxygen atoms in total. The number of nitrogens with zero attached hydrogens (tertiary/aromatic N) is 1. The molecule has 0 saturated carbocycles. The van der Waals surface area contributed by atoms with E-state index in [0.717, 1.165) is 18.4 Å². The average Bonchev–Trinajstić information content (AvgIpc) is 2.96. The predicted molar refractivity (Wildman–Crippen MR) is 95.5 cm³/mol. The lowest BCUT2D eigenvalue weighted by Crippen LogP contribution is -2.28. The molecule has 0 fully saturated rings. The van der Waals surface area contributed by atoms with Crippen molar-refractivity contribution in [3.63, 3.8) is 0 Å². The first-order valence-corrected chi connectivity index (χ1v) is 8.15. The number of nitrogens with one attached hydrogen (secondary N) is 1. The molecule has 23 heavy (non-hydrogen) atoms. The second-order valence-corrected chi connectivity index (χ2v) is 6.96. The van der Waals surface area contributed by atoms with Crippen LogP contribution in [0.4, 0.5) is 0 Å². The molecule has 0 saturated heterocycles. The molecule has 4 rings (SSSR count). The van der Waals surface area contributed by atoms with Gasteiger partial charge in [-0.05, 0) is 42.5 Å². The molecule has 2 unspecified atom stereocenters. The highest BCUT2D eigenvalue weighted by molar-refractivity contribution is 6.10. The first-order valence-electron chi connectivity index (χ1n) is 8.15. The van der Waals surface area contributed by atoms with Crippen molar-refractivity contribution in [1.82, 2.24) is 4.98 Å². The smallest absolute Gasteiger partial charge is 0.0810 e. The lowest BCUT2D eigenvalue weighted by molar-refractivity contribution is 0.338. The number of H-pyrrole nitrogens is 1. The van der Waals surface area contributed by atoms with Gasteiger partial charge in [0, 0.05) is 27.2 Å². The lowest BCUT2D eigenvalue weighted by atomic mass is 9.64. The molecule has 114 valence electrons. The van der Waals surface area contributed by atoms with Crippen molar-refractivity contribution in [1.29, 1.82) is 5.26 Å². The summed E-state index contributed by atoms with van der Waals surface area (Å²) in [5.41, 5.74) is 5.93. The zero-order chi connectivity index (χ0) is 16.2. The maximum atomic E-state index is 9.93. The van der Waals surface area contributed by atoms with E-state index in [1.165, 1.54) is 33.0 Å². The van der Waals surface area contributed by atoms with Crippen molar-refractivity contribution < 1.29 is 0 Å². The van der Waals surface area contributed by atoms with E-state index in [-0.39, 0.29) is 11.3 Å². The van der Waals surface area contributed by atoms with Crippen LogP contribution in [0, 0.1) is 23.7 Å². The van der Waals surface area contributed by atoms with Gasteiger partial charge in [0.15, 0.2) is 0 Å². The van der Waals surface area contributed by atoms with Gasteiger partial charge in [-0.2, -0.15) is 5.26 Å². The Bertz CT molecular complexity index is 986. The van der Waals surface area contributed by atoms with Crippen LogP contribution in [0.25, 0.3) is 21.8 Å². The molecule has 0 aliphatic heterocycles. The fourth-order valence-electron chi connectivity index (χ4n) is 4.14. The Hall–Kier alpha value is -2.53. The quantitative estimate of drug-likeness (QED) is 0.602. The van der Waals surface area contributed by atoms with Gasteiger partial charge >= 0.3 is 0 Å². The third-order valence-corrected chi connectivity index (χ3v) is 5.58. The monoisotopic (exact) mass is 300 g/mol. The third-order valence-electron chi connectivity index (χ3n) is 5.58. The van der Waals surface area contributed by atoms with Gasteiger partial charge < -0.3 is 4.98 Å². The normalized spacial score (nSPS) is 23.6. The Labute approximate surface area is 136 Å². The van der Waals surface area contributed by atoms with Gasteiger partial charge in [0.25, 0.3) is 0 Å². The van der Waals surface area contributed by atoms with Gasteiger partial charge in [0.1, 0.15) is 0 Å². The minimum atomic E-state index is -0.164. The van der Waals surface area contributed by atoms with Crippen molar-refractivity contribution in [2.45, 2.75) is 32.6 Å². The van der Waals surface area contributed by atoms with Crippen LogP contribution in [0.15, 0.2) is 43.0 Å². The number of allylic oxidation sites excluding steroid dienone is 1. The first-order chi connectivity index (χ1) is 11.1. The van der Waals surface area contributed by atoms with Crippen LogP contribution < -0.4 is 0 Å². The summed E-state index contributed by atoms with van der Waals surface area (Å²) in [4.78, 5) is 3.55. The van der Waals surface area contributed by atoms with Gasteiger partial charge in [-0.25, -0.2) is 0 Å². The van der Waals surface area contributed by atoms with Gasteiger partial charge in [-0.15, -0.1) is 6.58 Å². The molecule has 3 aromatic rings. The summed E-state index contributed by atoms with van der Waals surface area (Å²) in [5, 5.41) is 12.4. The molecular weight excluding hydrogens is 280 g/mol. The Morgan fingerprint density at radius 3 is 2.91 bits per heavy atom. The zero-order valence-corrected chi connectivity index (χ0v) is 13.6. The average molecular weight is 300 g/mol. The van der Waals surface area contributed by atoms with E-state index in [9.17, 15) is 5.26 Å². The van der Waals surface area contributed by atoms with Crippen molar-refractivity contribution in [2.24, 2.45) is 5.41 Å². The number of aromatic amines is 1. The van der Waals surface area contributed by atoms with Crippen LogP contribution >= 0.6 is 0 Å². The van der Waals surface area contributed by atoms with Gasteiger partial charge in [0.05, 0.1) is 12.0 Å². The number of rotatable bonds is 1. The van der Waals surface area contributed by atoms with Crippen LogP contribution in [-0.2, 0) is 6.42 Å². The van der Waals surface area contributed by atoms with Crippen molar-refractivity contribution in [2.75, 3.05) is 0 Å². The van der Waals surface area contributed by atoms with Crippen molar-refractivity contribution >= 4 is 21.8 Å². The number of hydrogen-bond acceptors (Lipinski definition) is 1. The van der Waals surface area contributed by atoms with E-state index in [1.54, 1.807) is 0 Å². The molecule has 1 aliphatic rings. The molecule has 1 aliphatic carbocycles. The van der Waals surface area contributed by atoms with Crippen LogP contribution in [0.2, 0.25) is 0 Å². The summed E-state index contributed by atoms with van der Waals surface area (Å²) in [5.74, 6) is -0.147. The summed E-state index contributed by atoms with van der Waals surface area (Å²) in [6.45, 7) is 8.33. The molecule has 2 aromatic carbocycles. The fourth-order valence-corrected chi connectivity index (χ4v) is 4.14.